The van der Waals surface area contributed by atoms with Crippen molar-refractivity contribution in [2.75, 3.05) is 0 Å². The third-order valence-electron chi connectivity index (χ3n) is 0. The number of nitriles is 1. The molecule has 0 heterocycles. The normalized spacial score (nSPS) is 3.88. The first-order chi connectivity index (χ1) is 3.15. The first kappa shape index (κ1) is 15.8. The molecular weight excluding hydrogens is 132 g/mol. The summed E-state index contributed by atoms with van der Waals surface area (Å²) in [6.45, 7) is 0. The van der Waals surface area contributed by atoms with Gasteiger partial charge in [-0.15, -0.1) is 0 Å². The van der Waals surface area contributed by atoms with E-state index in [1.165, 1.54) is 0 Å². The molecule has 0 unspecified atom stereocenters. The van der Waals surface area contributed by atoms with Crippen molar-refractivity contribution in [3.8, 4) is 6.26 Å². The van der Waals surface area contributed by atoms with Gasteiger partial charge in [0.25, 0.3) is 6.26 Å². The minimum Gasteiger partial charge on any atom is -0.511 e. The quantitative estimate of drug-likeness (QED) is 0.235. The van der Waals surface area contributed by atoms with E-state index in [1.807, 2.05) is 0 Å². The van der Waals surface area contributed by atoms with Gasteiger partial charge in [0.1, 0.15) is 0 Å². The number of hydrogen-bond donors (Lipinski definition) is 4. The van der Waals surface area contributed by atoms with E-state index in [1.54, 1.807) is 0 Å². The van der Waals surface area contributed by atoms with Crippen LogP contribution in [-0.2, 0) is 4.46 Å². The van der Waals surface area contributed by atoms with Crippen molar-refractivity contribution in [2.24, 2.45) is 0 Å². The molecule has 6 nitrogen and oxygen atoms in total. The first-order valence-electron chi connectivity index (χ1n) is 1.10. The average molecular weight is 138 g/mol. The second-order valence-electron chi connectivity index (χ2n) is 0.383. The molecule has 0 spiro atoms. The highest BCUT2D eigenvalue weighted by atomic mass is 28.3. The summed E-state index contributed by atoms with van der Waals surface area (Å²) < 4.78 is 8.74. The first-order valence-corrected chi connectivity index (χ1v) is 2.40. The Kier molecular flexibility index (Phi) is 33.4. The van der Waals surface area contributed by atoms with Gasteiger partial charge in [0.05, 0.1) is 0 Å². The molecule has 7 heteroatoms. The summed E-state index contributed by atoms with van der Waals surface area (Å²) in [5, 5.41) is 13.8. The van der Waals surface area contributed by atoms with E-state index in [2.05, 4.69) is 0 Å². The lowest BCUT2D eigenvalue weighted by Gasteiger charge is -1.55. The standard InChI is InChI=1S/CHNO.H3N.H2O3Si/c2-1-3;;1-4(2)3/h3H;1H3;1-2H. The summed E-state index contributed by atoms with van der Waals surface area (Å²) in [7, 11) is -3.13. The summed E-state index contributed by atoms with van der Waals surface area (Å²) in [6.07, 6.45) is 0.750. The lowest BCUT2D eigenvalue weighted by atomic mass is 11.6. The molecule has 0 aliphatic heterocycles. The Morgan fingerprint density at radius 2 is 1.50 bits per heavy atom. The van der Waals surface area contributed by atoms with Crippen LogP contribution in [0.4, 0.5) is 0 Å². The second-order valence-corrected chi connectivity index (χ2v) is 0.948. The molecule has 0 aromatic rings. The van der Waals surface area contributed by atoms with Crippen LogP contribution in [0.1, 0.15) is 0 Å². The number of nitrogens with zero attached hydrogens (tertiary/aromatic N) is 1. The lowest BCUT2D eigenvalue weighted by molar-refractivity contribution is 0.330. The Morgan fingerprint density at radius 3 is 1.50 bits per heavy atom. The molecule has 0 aliphatic carbocycles. The third-order valence-corrected chi connectivity index (χ3v) is 0. The lowest BCUT2D eigenvalue weighted by Crippen LogP contribution is -1.90. The minimum atomic E-state index is -3.13. The number of hydrogen-bond acceptors (Lipinski definition) is 4. The molecule has 0 atom stereocenters. The van der Waals surface area contributed by atoms with Gasteiger partial charge in [-0.05, 0) is 0 Å². The molecule has 0 radical (unpaired) electrons. The van der Waals surface area contributed by atoms with E-state index in [4.69, 9.17) is 24.4 Å². The Hall–Kier alpha value is -1.13. The highest BCUT2D eigenvalue weighted by Gasteiger charge is 1.85. The van der Waals surface area contributed by atoms with Gasteiger partial charge >= 0.3 is 9.17 Å². The summed E-state index contributed by atoms with van der Waals surface area (Å²) in [5.74, 6) is 0. The SMILES string of the molecule is N.N#CO.O=[Si](O)O. The zero-order valence-corrected chi connectivity index (χ0v) is 4.90. The third kappa shape index (κ3) is 56.7. The van der Waals surface area contributed by atoms with Crippen LogP contribution in [0.2, 0.25) is 0 Å². The Morgan fingerprint density at radius 1 is 1.50 bits per heavy atom. The molecule has 6 N–H and O–H groups in total. The molecular formula is CH6N2O4Si. The molecule has 8 heavy (non-hydrogen) atoms. The van der Waals surface area contributed by atoms with Crippen molar-refractivity contribution in [1.82, 2.24) is 6.15 Å². The maximum absolute atomic E-state index is 8.74. The van der Waals surface area contributed by atoms with Gasteiger partial charge in [-0.3, -0.25) is 4.46 Å². The fraction of sp³-hybridized carbons (Fsp3) is 0. The predicted octanol–water partition coefficient (Wildman–Crippen LogP) is -1.61. The zero-order valence-electron chi connectivity index (χ0n) is 3.90. The summed E-state index contributed by atoms with van der Waals surface area (Å²) in [5.41, 5.74) is 0. The Balaban J connectivity index is -0.0000000575. The fourth-order valence-electron chi connectivity index (χ4n) is 0. The van der Waals surface area contributed by atoms with Gasteiger partial charge in [-0.25, -0.2) is 0 Å². The van der Waals surface area contributed by atoms with E-state index in [-0.39, 0.29) is 6.15 Å². The van der Waals surface area contributed by atoms with Crippen LogP contribution in [-0.4, -0.2) is 23.9 Å². The number of aliphatic hydroxyl groups is 1. The second kappa shape index (κ2) is 16.9. The van der Waals surface area contributed by atoms with Gasteiger partial charge in [0, 0.05) is 0 Å². The van der Waals surface area contributed by atoms with Crippen LogP contribution in [0, 0.1) is 11.5 Å². The van der Waals surface area contributed by atoms with Gasteiger partial charge in [-0.2, -0.15) is 5.26 Å². The van der Waals surface area contributed by atoms with Crippen molar-refractivity contribution in [3.63, 3.8) is 0 Å². The number of aliphatic hydroxyl groups excluding tert-OH is 1. The Labute approximate surface area is 47.1 Å². The average Bonchev–Trinajstić information content (AvgIpc) is 1.33. The van der Waals surface area contributed by atoms with Gasteiger partial charge in [-0.1, -0.05) is 0 Å². The van der Waals surface area contributed by atoms with Gasteiger partial charge in [0.15, 0.2) is 0 Å². The van der Waals surface area contributed by atoms with Crippen LogP contribution in [0.15, 0.2) is 0 Å². The van der Waals surface area contributed by atoms with E-state index in [9.17, 15) is 0 Å². The molecule has 0 rings (SSSR count). The molecule has 0 saturated heterocycles. The fourth-order valence-corrected chi connectivity index (χ4v) is 0. The Bertz CT molecular complexity index is 82.5. The van der Waals surface area contributed by atoms with Crippen LogP contribution >= 0.6 is 0 Å². The summed E-state index contributed by atoms with van der Waals surface area (Å²) in [6, 6.07) is 0. The van der Waals surface area contributed by atoms with Crippen LogP contribution < -0.4 is 6.15 Å². The van der Waals surface area contributed by atoms with Crippen LogP contribution in [0.3, 0.4) is 0 Å². The molecule has 0 aromatic heterocycles. The molecule has 0 aromatic carbocycles. The maximum atomic E-state index is 8.74. The molecule has 0 bridgehead atoms. The molecule has 48 valence electrons. The van der Waals surface area contributed by atoms with Crippen molar-refractivity contribution >= 4 is 9.17 Å². The summed E-state index contributed by atoms with van der Waals surface area (Å²) in [4.78, 5) is 14.3. The molecule has 0 amide bonds. The molecule has 0 fully saturated rings. The summed E-state index contributed by atoms with van der Waals surface area (Å²) >= 11 is 0. The van der Waals surface area contributed by atoms with E-state index in [0.29, 0.717) is 0 Å². The molecule has 0 aliphatic rings. The van der Waals surface area contributed by atoms with Crippen LogP contribution in [0.5, 0.6) is 0 Å². The number of rotatable bonds is 0. The highest BCUT2D eigenvalue weighted by molar-refractivity contribution is 6.22. The van der Waals surface area contributed by atoms with Crippen molar-refractivity contribution in [1.29, 1.82) is 5.26 Å². The highest BCUT2D eigenvalue weighted by Crippen LogP contribution is 1.27. The van der Waals surface area contributed by atoms with Gasteiger partial charge in [0.2, 0.25) is 0 Å². The smallest absolute Gasteiger partial charge is 0.511 e. The molecule has 0 saturated carbocycles. The van der Waals surface area contributed by atoms with E-state index in [0.717, 1.165) is 6.26 Å². The van der Waals surface area contributed by atoms with Crippen molar-refractivity contribution < 1.29 is 19.2 Å². The monoisotopic (exact) mass is 138 g/mol. The van der Waals surface area contributed by atoms with Gasteiger partial charge < -0.3 is 20.8 Å². The predicted molar refractivity (Wildman–Crippen MR) is 23.4 cm³/mol. The minimum absolute atomic E-state index is 0. The topological polar surface area (TPSA) is 137 Å². The van der Waals surface area contributed by atoms with E-state index < -0.39 is 9.17 Å². The van der Waals surface area contributed by atoms with E-state index >= 15 is 0 Å². The van der Waals surface area contributed by atoms with Crippen LogP contribution in [0.25, 0.3) is 0 Å². The maximum Gasteiger partial charge on any atom is 0.761 e. The van der Waals surface area contributed by atoms with Crippen molar-refractivity contribution in [2.45, 2.75) is 0 Å². The largest absolute Gasteiger partial charge is 0.761 e. The van der Waals surface area contributed by atoms with Crippen molar-refractivity contribution in [3.05, 3.63) is 0 Å². The zero-order chi connectivity index (χ0) is 6.28.